The van der Waals surface area contributed by atoms with Crippen molar-refractivity contribution in [2.45, 2.75) is 26.9 Å². The molecule has 138 valence electrons. The molecular weight excluding hydrogens is 342 g/mol. The molecular formula is C21H27N3OS. The molecule has 5 heteroatoms. The van der Waals surface area contributed by atoms with E-state index in [0.29, 0.717) is 5.11 Å². The van der Waals surface area contributed by atoms with Gasteiger partial charge in [-0.05, 0) is 60.5 Å². The zero-order valence-electron chi connectivity index (χ0n) is 15.5. The highest BCUT2D eigenvalue weighted by Crippen LogP contribution is 2.15. The van der Waals surface area contributed by atoms with Crippen LogP contribution >= 0.6 is 12.2 Å². The second-order valence-corrected chi connectivity index (χ2v) is 7.17. The van der Waals surface area contributed by atoms with E-state index in [4.69, 9.17) is 17.0 Å². The Balaban J connectivity index is 1.56. The summed E-state index contributed by atoms with van der Waals surface area (Å²) in [4.78, 5) is 2.44. The number of rotatable bonds is 5. The van der Waals surface area contributed by atoms with E-state index in [9.17, 15) is 0 Å². The Hall–Kier alpha value is -1.95. The molecule has 1 fully saturated rings. The molecule has 0 aliphatic carbocycles. The summed E-state index contributed by atoms with van der Waals surface area (Å²) in [5, 5.41) is 7.26. The maximum Gasteiger partial charge on any atom is 0.171 e. The van der Waals surface area contributed by atoms with Gasteiger partial charge in [-0.3, -0.25) is 4.90 Å². The van der Waals surface area contributed by atoms with E-state index >= 15 is 0 Å². The van der Waals surface area contributed by atoms with E-state index in [1.165, 1.54) is 22.3 Å². The van der Waals surface area contributed by atoms with Crippen LogP contribution in [0.15, 0.2) is 42.5 Å². The van der Waals surface area contributed by atoms with E-state index < -0.39 is 0 Å². The Morgan fingerprint density at radius 3 is 2.50 bits per heavy atom. The number of morpholine rings is 1. The van der Waals surface area contributed by atoms with Crippen LogP contribution in [0.3, 0.4) is 0 Å². The Labute approximate surface area is 161 Å². The number of anilines is 1. The SMILES string of the molecule is Cc1ccc(NC(=S)NCc2ccccc2CN2CCOCC2)cc1C. The molecule has 1 saturated heterocycles. The van der Waals surface area contributed by atoms with Gasteiger partial charge in [-0.2, -0.15) is 0 Å². The van der Waals surface area contributed by atoms with Crippen molar-refractivity contribution in [3.8, 4) is 0 Å². The van der Waals surface area contributed by atoms with E-state index in [1.54, 1.807) is 0 Å². The molecule has 0 spiro atoms. The van der Waals surface area contributed by atoms with Crippen molar-refractivity contribution in [2.24, 2.45) is 0 Å². The minimum absolute atomic E-state index is 0.648. The first-order valence-corrected chi connectivity index (χ1v) is 9.51. The Bertz CT molecular complexity index is 757. The lowest BCUT2D eigenvalue weighted by Gasteiger charge is -2.27. The van der Waals surface area contributed by atoms with Crippen LogP contribution in [0.1, 0.15) is 22.3 Å². The van der Waals surface area contributed by atoms with E-state index in [1.807, 2.05) is 0 Å². The number of nitrogens with one attached hydrogen (secondary N) is 2. The zero-order chi connectivity index (χ0) is 18.4. The highest BCUT2D eigenvalue weighted by atomic mass is 32.1. The van der Waals surface area contributed by atoms with Gasteiger partial charge in [0, 0.05) is 31.9 Å². The topological polar surface area (TPSA) is 36.5 Å². The van der Waals surface area contributed by atoms with Gasteiger partial charge in [0.15, 0.2) is 5.11 Å². The van der Waals surface area contributed by atoms with Crippen molar-refractivity contribution in [1.82, 2.24) is 10.2 Å². The largest absolute Gasteiger partial charge is 0.379 e. The number of hydrogen-bond acceptors (Lipinski definition) is 3. The van der Waals surface area contributed by atoms with Crippen LogP contribution in [-0.4, -0.2) is 36.3 Å². The van der Waals surface area contributed by atoms with Crippen LogP contribution in [-0.2, 0) is 17.8 Å². The maximum atomic E-state index is 5.47. The second-order valence-electron chi connectivity index (χ2n) is 6.76. The van der Waals surface area contributed by atoms with Crippen LogP contribution in [0.5, 0.6) is 0 Å². The normalized spacial score (nSPS) is 14.8. The third kappa shape index (κ3) is 5.27. The Kier molecular flexibility index (Phi) is 6.61. The fraction of sp³-hybridized carbons (Fsp3) is 0.381. The summed E-state index contributed by atoms with van der Waals surface area (Å²) in [5.74, 6) is 0. The van der Waals surface area contributed by atoms with Gasteiger partial charge in [-0.1, -0.05) is 30.3 Å². The van der Waals surface area contributed by atoms with E-state index in [-0.39, 0.29) is 0 Å². The van der Waals surface area contributed by atoms with Gasteiger partial charge >= 0.3 is 0 Å². The van der Waals surface area contributed by atoms with E-state index in [2.05, 4.69) is 71.8 Å². The monoisotopic (exact) mass is 369 g/mol. The first kappa shape index (κ1) is 18.8. The predicted octanol–water partition coefficient (Wildman–Crippen LogP) is 3.62. The van der Waals surface area contributed by atoms with Gasteiger partial charge in [-0.15, -0.1) is 0 Å². The maximum absolute atomic E-state index is 5.47. The molecule has 26 heavy (non-hydrogen) atoms. The first-order chi connectivity index (χ1) is 12.6. The highest BCUT2D eigenvalue weighted by molar-refractivity contribution is 7.80. The van der Waals surface area contributed by atoms with Crippen molar-refractivity contribution < 1.29 is 4.74 Å². The molecule has 1 aliphatic heterocycles. The minimum Gasteiger partial charge on any atom is -0.379 e. The Morgan fingerprint density at radius 2 is 1.77 bits per heavy atom. The summed E-state index contributed by atoms with van der Waals surface area (Å²) < 4.78 is 5.44. The molecule has 1 heterocycles. The van der Waals surface area contributed by atoms with Crippen molar-refractivity contribution >= 4 is 23.0 Å². The number of nitrogens with zero attached hydrogens (tertiary/aromatic N) is 1. The van der Waals surface area contributed by atoms with Crippen molar-refractivity contribution in [2.75, 3.05) is 31.6 Å². The van der Waals surface area contributed by atoms with Gasteiger partial charge in [0.2, 0.25) is 0 Å². The summed E-state index contributed by atoms with van der Waals surface area (Å²) in [6.45, 7) is 9.54. The molecule has 0 bridgehead atoms. The molecule has 0 atom stereocenters. The van der Waals surface area contributed by atoms with Crippen LogP contribution in [0.25, 0.3) is 0 Å². The smallest absolute Gasteiger partial charge is 0.171 e. The summed E-state index contributed by atoms with van der Waals surface area (Å²) in [6.07, 6.45) is 0. The third-order valence-corrected chi connectivity index (χ3v) is 5.07. The number of thiocarbonyl (C=S) groups is 1. The zero-order valence-corrected chi connectivity index (χ0v) is 16.4. The molecule has 0 amide bonds. The van der Waals surface area contributed by atoms with Gasteiger partial charge in [0.1, 0.15) is 0 Å². The molecule has 2 aromatic rings. The lowest BCUT2D eigenvalue weighted by atomic mass is 10.1. The van der Waals surface area contributed by atoms with Crippen LogP contribution in [0.2, 0.25) is 0 Å². The van der Waals surface area contributed by atoms with Crippen molar-refractivity contribution in [3.05, 3.63) is 64.7 Å². The van der Waals surface area contributed by atoms with Crippen LogP contribution in [0, 0.1) is 13.8 Å². The second kappa shape index (κ2) is 9.12. The van der Waals surface area contributed by atoms with Gasteiger partial charge in [0.05, 0.1) is 13.2 Å². The van der Waals surface area contributed by atoms with Gasteiger partial charge in [0.25, 0.3) is 0 Å². The number of hydrogen-bond donors (Lipinski definition) is 2. The van der Waals surface area contributed by atoms with Gasteiger partial charge in [-0.25, -0.2) is 0 Å². The minimum atomic E-state index is 0.648. The van der Waals surface area contributed by atoms with E-state index in [0.717, 1.165) is 45.1 Å². The molecule has 0 unspecified atom stereocenters. The fourth-order valence-corrected chi connectivity index (χ4v) is 3.24. The first-order valence-electron chi connectivity index (χ1n) is 9.11. The lowest BCUT2D eigenvalue weighted by molar-refractivity contribution is 0.0341. The quantitative estimate of drug-likeness (QED) is 0.787. The van der Waals surface area contributed by atoms with Crippen molar-refractivity contribution in [3.63, 3.8) is 0 Å². The van der Waals surface area contributed by atoms with Crippen molar-refractivity contribution in [1.29, 1.82) is 0 Å². The molecule has 0 aromatic heterocycles. The summed E-state index contributed by atoms with van der Waals surface area (Å²) >= 11 is 5.47. The average Bonchev–Trinajstić information content (AvgIpc) is 2.65. The van der Waals surface area contributed by atoms with Crippen LogP contribution < -0.4 is 10.6 Å². The average molecular weight is 370 g/mol. The standard InChI is InChI=1S/C21H27N3OS/c1-16-7-8-20(13-17(16)2)23-21(26)22-14-18-5-3-4-6-19(18)15-24-9-11-25-12-10-24/h3-8,13H,9-12,14-15H2,1-2H3,(H2,22,23,26). The summed E-state index contributed by atoms with van der Waals surface area (Å²) in [5.41, 5.74) is 6.19. The number of aryl methyl sites for hydroxylation is 2. The third-order valence-electron chi connectivity index (χ3n) is 4.82. The predicted molar refractivity (Wildman–Crippen MR) is 112 cm³/mol. The lowest BCUT2D eigenvalue weighted by Crippen LogP contribution is -2.36. The molecule has 2 N–H and O–H groups in total. The van der Waals surface area contributed by atoms with Gasteiger partial charge < -0.3 is 15.4 Å². The molecule has 3 rings (SSSR count). The molecule has 1 aliphatic rings. The highest BCUT2D eigenvalue weighted by Gasteiger charge is 2.12. The summed E-state index contributed by atoms with van der Waals surface area (Å²) in [6, 6.07) is 14.8. The summed E-state index contributed by atoms with van der Waals surface area (Å²) in [7, 11) is 0. The number of benzene rings is 2. The number of ether oxygens (including phenoxy) is 1. The molecule has 0 radical (unpaired) electrons. The van der Waals surface area contributed by atoms with Crippen LogP contribution in [0.4, 0.5) is 5.69 Å². The molecule has 0 saturated carbocycles. The fourth-order valence-electron chi connectivity index (χ4n) is 3.05. The molecule has 2 aromatic carbocycles. The molecule has 4 nitrogen and oxygen atoms in total. The Morgan fingerprint density at radius 1 is 1.04 bits per heavy atom.